The van der Waals surface area contributed by atoms with Gasteiger partial charge in [0.15, 0.2) is 0 Å². The van der Waals surface area contributed by atoms with E-state index in [1.807, 2.05) is 0 Å². The number of carbonyl (C=O) groups is 4. The maximum atomic E-state index is 12.5. The maximum Gasteiger partial charge on any atom is 0.364 e. The highest BCUT2D eigenvalue weighted by atomic mass is 16.2. The third-order valence-electron chi connectivity index (χ3n) is 2.68. The van der Waals surface area contributed by atoms with Gasteiger partial charge in [-0.1, -0.05) is 30.8 Å². The van der Waals surface area contributed by atoms with Crippen LogP contribution in [0.1, 0.15) is 27.7 Å². The molecular formula is C16H20NO4+. The molecule has 0 atom stereocenters. The van der Waals surface area contributed by atoms with Gasteiger partial charge in [-0.3, -0.25) is 0 Å². The van der Waals surface area contributed by atoms with Crippen molar-refractivity contribution in [3.63, 3.8) is 0 Å². The van der Waals surface area contributed by atoms with Gasteiger partial charge >= 0.3 is 23.6 Å². The molecule has 0 aliphatic carbocycles. The Kier molecular flexibility index (Phi) is 5.64. The van der Waals surface area contributed by atoms with Gasteiger partial charge in [0.1, 0.15) is 0 Å². The molecule has 5 nitrogen and oxygen atoms in total. The first-order valence-electron chi connectivity index (χ1n) is 6.13. The number of hydrogen-bond acceptors (Lipinski definition) is 4. The molecule has 0 heterocycles. The van der Waals surface area contributed by atoms with Crippen LogP contribution in [0.4, 0.5) is 0 Å². The second-order valence-electron chi connectivity index (χ2n) is 5.01. The van der Waals surface area contributed by atoms with Gasteiger partial charge in [-0.05, 0) is 27.7 Å². The van der Waals surface area contributed by atoms with Crippen LogP contribution < -0.4 is 0 Å². The van der Waals surface area contributed by atoms with Crippen molar-refractivity contribution < 1.29 is 23.7 Å². The van der Waals surface area contributed by atoms with Crippen LogP contribution in [0.2, 0.25) is 0 Å². The molecule has 21 heavy (non-hydrogen) atoms. The summed E-state index contributed by atoms with van der Waals surface area (Å²) >= 11 is 0. The smallest absolute Gasteiger partial charge is 0.224 e. The first-order valence-corrected chi connectivity index (χ1v) is 6.13. The monoisotopic (exact) mass is 290 g/mol. The molecule has 5 heteroatoms. The summed E-state index contributed by atoms with van der Waals surface area (Å²) in [6, 6.07) is 0. The van der Waals surface area contributed by atoms with E-state index in [0.717, 1.165) is 0 Å². The SMILES string of the molecule is C=C(C)C(=O)[N+](C(=O)C(=C)C)(C(=O)C(=C)C)C(=O)C(=C)C. The highest BCUT2D eigenvalue weighted by Crippen LogP contribution is 2.24. The van der Waals surface area contributed by atoms with Crippen LogP contribution in [-0.2, 0) is 19.2 Å². The lowest BCUT2D eigenvalue weighted by molar-refractivity contribution is -0.618. The zero-order valence-electron chi connectivity index (χ0n) is 12.9. The van der Waals surface area contributed by atoms with Gasteiger partial charge < -0.3 is 0 Å². The number of nitrogens with zero attached hydrogens (tertiary/aromatic N) is 1. The third kappa shape index (κ3) is 3.03. The average Bonchev–Trinajstić information content (AvgIpc) is 2.37. The average molecular weight is 290 g/mol. The van der Waals surface area contributed by atoms with Crippen molar-refractivity contribution >= 4 is 23.6 Å². The Bertz CT molecular complexity index is 498. The molecule has 0 aromatic rings. The van der Waals surface area contributed by atoms with E-state index in [2.05, 4.69) is 26.3 Å². The van der Waals surface area contributed by atoms with Crippen LogP contribution >= 0.6 is 0 Å². The Balaban J connectivity index is 6.79. The molecule has 0 saturated carbocycles. The van der Waals surface area contributed by atoms with E-state index in [4.69, 9.17) is 0 Å². The predicted molar refractivity (Wildman–Crippen MR) is 79.5 cm³/mol. The molecular weight excluding hydrogens is 270 g/mol. The minimum atomic E-state index is -1.69. The lowest BCUT2D eigenvalue weighted by Gasteiger charge is -2.28. The summed E-state index contributed by atoms with van der Waals surface area (Å²) < 4.78 is -1.69. The highest BCUT2D eigenvalue weighted by Gasteiger charge is 2.58. The molecule has 0 radical (unpaired) electrons. The van der Waals surface area contributed by atoms with E-state index in [9.17, 15) is 19.2 Å². The number of quaternary nitrogens is 1. The fourth-order valence-electron chi connectivity index (χ4n) is 1.70. The Morgan fingerprint density at radius 2 is 0.667 bits per heavy atom. The zero-order valence-corrected chi connectivity index (χ0v) is 12.9. The minimum Gasteiger partial charge on any atom is -0.224 e. The Morgan fingerprint density at radius 1 is 0.524 bits per heavy atom. The number of imide groups is 6. The molecule has 0 aromatic heterocycles. The van der Waals surface area contributed by atoms with Gasteiger partial charge in [0.2, 0.25) is 0 Å². The van der Waals surface area contributed by atoms with Crippen LogP contribution in [0.3, 0.4) is 0 Å². The van der Waals surface area contributed by atoms with Crippen LogP contribution in [-0.4, -0.2) is 28.1 Å². The largest absolute Gasteiger partial charge is 0.364 e. The van der Waals surface area contributed by atoms with Gasteiger partial charge in [-0.15, -0.1) is 0 Å². The van der Waals surface area contributed by atoms with E-state index >= 15 is 0 Å². The molecule has 0 aliphatic heterocycles. The van der Waals surface area contributed by atoms with E-state index < -0.39 is 28.1 Å². The van der Waals surface area contributed by atoms with E-state index in [-0.39, 0.29) is 22.3 Å². The summed E-state index contributed by atoms with van der Waals surface area (Å²) in [6.45, 7) is 19.0. The Hall–Kier alpha value is -2.40. The molecule has 0 fully saturated rings. The van der Waals surface area contributed by atoms with Crippen LogP contribution in [0.15, 0.2) is 48.6 Å². The van der Waals surface area contributed by atoms with Gasteiger partial charge in [-0.25, -0.2) is 19.2 Å². The molecule has 0 rings (SSSR count). The number of hydrogen-bond donors (Lipinski definition) is 0. The lowest BCUT2D eigenvalue weighted by atomic mass is 10.1. The molecule has 0 aliphatic rings. The topological polar surface area (TPSA) is 68.3 Å². The van der Waals surface area contributed by atoms with Crippen LogP contribution in [0, 0.1) is 0 Å². The van der Waals surface area contributed by atoms with Gasteiger partial charge in [0, 0.05) is 22.3 Å². The Labute approximate surface area is 124 Å². The van der Waals surface area contributed by atoms with Crippen molar-refractivity contribution in [2.75, 3.05) is 0 Å². The van der Waals surface area contributed by atoms with Crippen molar-refractivity contribution in [3.05, 3.63) is 48.6 Å². The van der Waals surface area contributed by atoms with Gasteiger partial charge in [-0.2, -0.15) is 0 Å². The van der Waals surface area contributed by atoms with E-state index in [1.54, 1.807) is 0 Å². The molecule has 0 aromatic carbocycles. The second-order valence-corrected chi connectivity index (χ2v) is 5.01. The first kappa shape index (κ1) is 18.6. The van der Waals surface area contributed by atoms with Crippen LogP contribution in [0.25, 0.3) is 0 Å². The lowest BCUT2D eigenvalue weighted by Crippen LogP contribution is -2.65. The summed E-state index contributed by atoms with van der Waals surface area (Å²) in [4.78, 5) is 50.0. The van der Waals surface area contributed by atoms with E-state index in [0.29, 0.717) is 0 Å². The molecule has 112 valence electrons. The first-order chi connectivity index (χ1) is 9.42. The summed E-state index contributed by atoms with van der Waals surface area (Å²) in [7, 11) is 0. The van der Waals surface area contributed by atoms with Crippen LogP contribution in [0.5, 0.6) is 0 Å². The van der Waals surface area contributed by atoms with E-state index in [1.165, 1.54) is 27.7 Å². The normalized spacial score (nSPS) is 10.5. The third-order valence-corrected chi connectivity index (χ3v) is 2.68. The fraction of sp³-hybridized carbons (Fsp3) is 0.250. The number of amides is 4. The number of carbonyl (C=O) groups excluding carboxylic acids is 4. The Morgan fingerprint density at radius 3 is 0.762 bits per heavy atom. The summed E-state index contributed by atoms with van der Waals surface area (Å²) in [6.07, 6.45) is 0. The molecule has 0 unspecified atom stereocenters. The van der Waals surface area contributed by atoms with Gasteiger partial charge in [0.05, 0.1) is 0 Å². The summed E-state index contributed by atoms with van der Waals surface area (Å²) in [5.41, 5.74) is -0.412. The zero-order chi connectivity index (χ0) is 17.1. The second kappa shape index (κ2) is 6.37. The standard InChI is InChI=1S/C16H20NO4/c1-9(2)13(18)17(14(19)10(3)4,15(20)11(5)6)16(21)12(7)8/h1,3,5,7H2,2,4,6,8H3/q+1. The quantitative estimate of drug-likeness (QED) is 0.588. The summed E-state index contributed by atoms with van der Waals surface area (Å²) in [5.74, 6) is -4.04. The van der Waals surface area contributed by atoms with Crippen molar-refractivity contribution in [2.24, 2.45) is 0 Å². The van der Waals surface area contributed by atoms with Crippen molar-refractivity contribution in [2.45, 2.75) is 27.7 Å². The highest BCUT2D eigenvalue weighted by molar-refractivity contribution is 6.22. The van der Waals surface area contributed by atoms with Crippen molar-refractivity contribution in [1.29, 1.82) is 0 Å². The molecule has 0 N–H and O–H groups in total. The van der Waals surface area contributed by atoms with Gasteiger partial charge in [0.25, 0.3) is 0 Å². The van der Waals surface area contributed by atoms with Crippen molar-refractivity contribution in [1.82, 2.24) is 0 Å². The maximum absolute atomic E-state index is 12.5. The molecule has 0 bridgehead atoms. The molecule has 0 spiro atoms. The number of rotatable bonds is 4. The molecule has 4 amide bonds. The predicted octanol–water partition coefficient (Wildman–Crippen LogP) is 2.21. The fourth-order valence-corrected chi connectivity index (χ4v) is 1.70. The summed E-state index contributed by atoms with van der Waals surface area (Å²) in [5, 5.41) is 0. The molecule has 0 saturated heterocycles. The minimum absolute atomic E-state index is 0.103. The van der Waals surface area contributed by atoms with Crippen molar-refractivity contribution in [3.8, 4) is 0 Å².